The summed E-state index contributed by atoms with van der Waals surface area (Å²) in [7, 11) is 1.86. The van der Waals surface area contributed by atoms with Gasteiger partial charge in [-0.1, -0.05) is 11.6 Å². The van der Waals surface area contributed by atoms with Gasteiger partial charge in [0.15, 0.2) is 15.3 Å². The molecule has 0 atom stereocenters. The van der Waals surface area contributed by atoms with E-state index in [0.717, 1.165) is 16.9 Å². The second kappa shape index (κ2) is 3.60. The summed E-state index contributed by atoms with van der Waals surface area (Å²) in [5.74, 6) is 0. The van der Waals surface area contributed by atoms with Gasteiger partial charge < -0.3 is 4.57 Å². The van der Waals surface area contributed by atoms with Crippen molar-refractivity contribution in [1.29, 1.82) is 0 Å². The first kappa shape index (κ1) is 8.92. The van der Waals surface area contributed by atoms with Crippen molar-refractivity contribution in [1.82, 2.24) is 23.5 Å². The molecule has 0 aromatic carbocycles. The van der Waals surface area contributed by atoms with Gasteiger partial charge in [-0.2, -0.15) is 8.75 Å². The zero-order valence-electron chi connectivity index (χ0n) is 6.51. The van der Waals surface area contributed by atoms with Crippen molar-refractivity contribution in [2.75, 3.05) is 0 Å². The number of aromatic nitrogens is 5. The maximum Gasteiger partial charge on any atom is 0.197 e. The first-order valence-corrected chi connectivity index (χ1v) is 5.20. The van der Waals surface area contributed by atoms with Crippen LogP contribution in [0.3, 0.4) is 0 Å². The smallest absolute Gasteiger partial charge is 0.197 e. The maximum atomic E-state index is 5.77. The van der Waals surface area contributed by atoms with Gasteiger partial charge >= 0.3 is 0 Å². The van der Waals surface area contributed by atoms with Crippen LogP contribution < -0.4 is 0 Å². The molecule has 0 unspecified atom stereocenters. The molecule has 2 heterocycles. The predicted octanol–water partition coefficient (Wildman–Crippen LogP) is 1.47. The molecule has 0 bridgehead atoms. The van der Waals surface area contributed by atoms with Crippen molar-refractivity contribution >= 4 is 35.1 Å². The third kappa shape index (κ3) is 1.82. The van der Waals surface area contributed by atoms with E-state index >= 15 is 0 Å². The number of halogens is 1. The molecule has 0 saturated heterocycles. The van der Waals surface area contributed by atoms with Gasteiger partial charge in [-0.05, 0) is 11.8 Å². The van der Waals surface area contributed by atoms with Gasteiger partial charge in [-0.3, -0.25) is 0 Å². The highest BCUT2D eigenvalue weighted by molar-refractivity contribution is 7.99. The van der Waals surface area contributed by atoms with Gasteiger partial charge in [0.2, 0.25) is 0 Å². The molecule has 2 aromatic heterocycles. The van der Waals surface area contributed by atoms with Crippen LogP contribution in [0.25, 0.3) is 0 Å². The van der Waals surface area contributed by atoms with Crippen molar-refractivity contribution in [2.24, 2.45) is 7.05 Å². The summed E-state index contributed by atoms with van der Waals surface area (Å²) in [5, 5.41) is 9.45. The molecule has 0 saturated carbocycles. The lowest BCUT2D eigenvalue weighted by Gasteiger charge is -1.94. The molecule has 0 aliphatic rings. The minimum absolute atomic E-state index is 0.415. The highest BCUT2D eigenvalue weighted by Crippen LogP contribution is 2.29. The second-order valence-corrected chi connectivity index (χ2v) is 4.03. The predicted molar refractivity (Wildman–Crippen MR) is 50.0 cm³/mol. The lowest BCUT2D eigenvalue weighted by Crippen LogP contribution is -1.88. The van der Waals surface area contributed by atoms with Gasteiger partial charge in [0, 0.05) is 7.05 Å². The third-order valence-electron chi connectivity index (χ3n) is 1.28. The molecule has 0 aliphatic heterocycles. The van der Waals surface area contributed by atoms with Crippen LogP contribution in [0.5, 0.6) is 0 Å². The zero-order valence-corrected chi connectivity index (χ0v) is 8.90. The van der Waals surface area contributed by atoms with Gasteiger partial charge in [0.25, 0.3) is 0 Å². The number of nitrogens with zero attached hydrogens (tertiary/aromatic N) is 5. The summed E-state index contributed by atoms with van der Waals surface area (Å²) in [6.07, 6.45) is 1.62. The van der Waals surface area contributed by atoms with E-state index in [1.165, 1.54) is 11.8 Å². The van der Waals surface area contributed by atoms with Crippen LogP contribution in [-0.2, 0) is 7.05 Å². The Hall–Kier alpha value is -0.660. The van der Waals surface area contributed by atoms with Crippen molar-refractivity contribution < 1.29 is 0 Å². The van der Waals surface area contributed by atoms with E-state index in [4.69, 9.17) is 11.6 Å². The summed E-state index contributed by atoms with van der Waals surface area (Å²) in [6.45, 7) is 0. The fraction of sp³-hybridized carbons (Fsp3) is 0.200. The Kier molecular flexibility index (Phi) is 2.47. The lowest BCUT2D eigenvalue weighted by molar-refractivity contribution is 0.788. The van der Waals surface area contributed by atoms with E-state index in [1.807, 2.05) is 7.05 Å². The number of hydrogen-bond acceptors (Lipinski definition) is 6. The highest BCUT2D eigenvalue weighted by atomic mass is 35.5. The molecular formula is C5H4ClN5S2. The van der Waals surface area contributed by atoms with Crippen LogP contribution in [0.15, 0.2) is 16.5 Å². The van der Waals surface area contributed by atoms with Gasteiger partial charge in [-0.15, -0.1) is 10.2 Å². The maximum absolute atomic E-state index is 5.77. The molecule has 0 aliphatic carbocycles. The van der Waals surface area contributed by atoms with Gasteiger partial charge in [-0.25, -0.2) is 0 Å². The number of aryl methyl sites for hydroxylation is 1. The van der Waals surface area contributed by atoms with E-state index in [0.29, 0.717) is 10.2 Å². The van der Waals surface area contributed by atoms with Gasteiger partial charge in [0.1, 0.15) is 6.33 Å². The molecule has 2 aromatic rings. The SMILES string of the molecule is Cn1cnnc1Sc1nsnc1Cl. The van der Waals surface area contributed by atoms with Crippen LogP contribution in [-0.4, -0.2) is 23.5 Å². The Bertz CT molecular complexity index is 372. The quantitative estimate of drug-likeness (QED) is 0.786. The fourth-order valence-corrected chi connectivity index (χ4v) is 2.23. The molecule has 0 radical (unpaired) electrons. The average molecular weight is 234 g/mol. The van der Waals surface area contributed by atoms with Crippen LogP contribution in [0.2, 0.25) is 5.15 Å². The summed E-state index contributed by atoms with van der Waals surface area (Å²) in [6, 6.07) is 0. The molecule has 0 spiro atoms. The zero-order chi connectivity index (χ0) is 9.26. The minimum Gasteiger partial charge on any atom is -0.311 e. The average Bonchev–Trinajstić information content (AvgIpc) is 2.65. The standard InChI is InChI=1S/C5H4ClN5S2/c1-11-2-7-8-5(11)12-4-3(6)9-13-10-4/h2H,1H3. The fourth-order valence-electron chi connectivity index (χ4n) is 0.682. The van der Waals surface area contributed by atoms with E-state index in [1.54, 1.807) is 10.9 Å². The molecule has 5 nitrogen and oxygen atoms in total. The number of rotatable bonds is 2. The van der Waals surface area contributed by atoms with Crippen LogP contribution in [0.4, 0.5) is 0 Å². The van der Waals surface area contributed by atoms with Crippen LogP contribution in [0, 0.1) is 0 Å². The van der Waals surface area contributed by atoms with Crippen LogP contribution >= 0.6 is 35.1 Å². The molecule has 8 heteroatoms. The molecule has 0 amide bonds. The van der Waals surface area contributed by atoms with E-state index in [-0.39, 0.29) is 0 Å². The molecule has 13 heavy (non-hydrogen) atoms. The van der Waals surface area contributed by atoms with Crippen molar-refractivity contribution in [3.8, 4) is 0 Å². The lowest BCUT2D eigenvalue weighted by atomic mass is 10.9. The summed E-state index contributed by atoms with van der Waals surface area (Å²) >= 11 is 8.20. The first-order valence-electron chi connectivity index (χ1n) is 3.27. The minimum atomic E-state index is 0.415. The Morgan fingerprint density at radius 2 is 2.38 bits per heavy atom. The van der Waals surface area contributed by atoms with Gasteiger partial charge in [0.05, 0.1) is 11.7 Å². The van der Waals surface area contributed by atoms with E-state index in [9.17, 15) is 0 Å². The Labute approximate surface area is 87.5 Å². The number of hydrogen-bond donors (Lipinski definition) is 0. The van der Waals surface area contributed by atoms with Crippen molar-refractivity contribution in [2.45, 2.75) is 10.2 Å². The molecular weight excluding hydrogens is 230 g/mol. The van der Waals surface area contributed by atoms with E-state index in [2.05, 4.69) is 18.9 Å². The largest absolute Gasteiger partial charge is 0.311 e. The Morgan fingerprint density at radius 3 is 2.92 bits per heavy atom. The second-order valence-electron chi connectivity index (χ2n) is 2.19. The first-order chi connectivity index (χ1) is 6.27. The van der Waals surface area contributed by atoms with E-state index < -0.39 is 0 Å². The monoisotopic (exact) mass is 233 g/mol. The molecule has 68 valence electrons. The summed E-state index contributed by atoms with van der Waals surface area (Å²) in [5.41, 5.74) is 0. The topological polar surface area (TPSA) is 56.5 Å². The van der Waals surface area contributed by atoms with Crippen molar-refractivity contribution in [3.63, 3.8) is 0 Å². The highest BCUT2D eigenvalue weighted by Gasteiger charge is 2.10. The van der Waals surface area contributed by atoms with Crippen molar-refractivity contribution in [3.05, 3.63) is 11.5 Å². The normalized spacial score (nSPS) is 10.6. The molecule has 0 fully saturated rings. The Balaban J connectivity index is 2.24. The molecule has 0 N–H and O–H groups in total. The Morgan fingerprint density at radius 1 is 1.54 bits per heavy atom. The summed E-state index contributed by atoms with van der Waals surface area (Å²) in [4.78, 5) is 0. The third-order valence-corrected chi connectivity index (χ3v) is 3.43. The molecule has 2 rings (SSSR count). The van der Waals surface area contributed by atoms with Crippen LogP contribution in [0.1, 0.15) is 0 Å². The summed E-state index contributed by atoms with van der Waals surface area (Å²) < 4.78 is 9.65.